The van der Waals surface area contributed by atoms with Crippen LogP contribution in [0.25, 0.3) is 0 Å². The lowest BCUT2D eigenvalue weighted by molar-refractivity contribution is 0.247. The summed E-state index contributed by atoms with van der Waals surface area (Å²) >= 11 is 0. The molecular formula is C21H36O3. The van der Waals surface area contributed by atoms with Gasteiger partial charge in [-0.1, -0.05) is 71.3 Å². The molecule has 0 aliphatic carbocycles. The van der Waals surface area contributed by atoms with Gasteiger partial charge in [0.1, 0.15) is 0 Å². The van der Waals surface area contributed by atoms with Crippen LogP contribution in [0.15, 0.2) is 18.2 Å². The van der Waals surface area contributed by atoms with Crippen molar-refractivity contribution in [3.05, 3.63) is 18.2 Å². The van der Waals surface area contributed by atoms with E-state index in [0.717, 1.165) is 43.3 Å². The Bertz CT molecular complexity index is 418. The van der Waals surface area contributed by atoms with Gasteiger partial charge in [-0.05, 0) is 25.0 Å². The van der Waals surface area contributed by atoms with Gasteiger partial charge in [0.2, 0.25) is 5.75 Å². The molecule has 0 aliphatic heterocycles. The van der Waals surface area contributed by atoms with E-state index in [4.69, 9.17) is 14.2 Å². The molecule has 0 bridgehead atoms. The molecule has 24 heavy (non-hydrogen) atoms. The van der Waals surface area contributed by atoms with E-state index >= 15 is 0 Å². The molecule has 0 amide bonds. The maximum Gasteiger partial charge on any atom is 0.203 e. The molecule has 1 rings (SSSR count). The van der Waals surface area contributed by atoms with Crippen molar-refractivity contribution in [3.8, 4) is 17.2 Å². The van der Waals surface area contributed by atoms with Crippen LogP contribution in [-0.4, -0.2) is 20.3 Å². The SMILES string of the molecule is CCCCCCCOc1cccc(OC)c1OCCCCCCC. The van der Waals surface area contributed by atoms with Crippen LogP contribution in [0.3, 0.4) is 0 Å². The summed E-state index contributed by atoms with van der Waals surface area (Å²) in [5.74, 6) is 2.31. The fourth-order valence-electron chi connectivity index (χ4n) is 2.68. The summed E-state index contributed by atoms with van der Waals surface area (Å²) in [5.41, 5.74) is 0. The van der Waals surface area contributed by atoms with Crippen LogP contribution in [0.5, 0.6) is 17.2 Å². The third kappa shape index (κ3) is 8.47. The highest BCUT2D eigenvalue weighted by Gasteiger charge is 2.11. The summed E-state index contributed by atoms with van der Waals surface area (Å²) in [5, 5.41) is 0. The van der Waals surface area contributed by atoms with E-state index in [-0.39, 0.29) is 0 Å². The number of methoxy groups -OCH3 is 1. The highest BCUT2D eigenvalue weighted by Crippen LogP contribution is 2.37. The third-order valence-electron chi connectivity index (χ3n) is 4.16. The molecule has 3 nitrogen and oxygen atoms in total. The summed E-state index contributed by atoms with van der Waals surface area (Å²) in [4.78, 5) is 0. The molecule has 0 aromatic heterocycles. The first-order valence-electron chi connectivity index (χ1n) is 9.76. The third-order valence-corrected chi connectivity index (χ3v) is 4.16. The van der Waals surface area contributed by atoms with Crippen LogP contribution in [-0.2, 0) is 0 Å². The van der Waals surface area contributed by atoms with Gasteiger partial charge in [0.15, 0.2) is 11.5 Å². The van der Waals surface area contributed by atoms with E-state index in [1.165, 1.54) is 51.4 Å². The van der Waals surface area contributed by atoms with Gasteiger partial charge in [0, 0.05) is 0 Å². The summed E-state index contributed by atoms with van der Waals surface area (Å²) in [6, 6.07) is 5.86. The van der Waals surface area contributed by atoms with Gasteiger partial charge in [0.25, 0.3) is 0 Å². The maximum absolute atomic E-state index is 5.98. The zero-order valence-corrected chi connectivity index (χ0v) is 15.9. The molecule has 0 fully saturated rings. The lowest BCUT2D eigenvalue weighted by Crippen LogP contribution is -2.04. The number of unbranched alkanes of at least 4 members (excludes halogenated alkanes) is 8. The van der Waals surface area contributed by atoms with Crippen molar-refractivity contribution in [2.45, 2.75) is 78.1 Å². The average Bonchev–Trinajstić information content (AvgIpc) is 2.61. The first-order valence-corrected chi connectivity index (χ1v) is 9.76. The smallest absolute Gasteiger partial charge is 0.203 e. The molecule has 0 aliphatic rings. The molecule has 0 unspecified atom stereocenters. The fraction of sp³-hybridized carbons (Fsp3) is 0.714. The molecular weight excluding hydrogens is 300 g/mol. The van der Waals surface area contributed by atoms with E-state index in [1.807, 2.05) is 18.2 Å². The molecule has 0 saturated heterocycles. The van der Waals surface area contributed by atoms with Crippen LogP contribution < -0.4 is 14.2 Å². The molecule has 138 valence electrons. The van der Waals surface area contributed by atoms with Crippen LogP contribution in [0, 0.1) is 0 Å². The number of hydrogen-bond acceptors (Lipinski definition) is 3. The van der Waals surface area contributed by atoms with Crippen molar-refractivity contribution in [2.24, 2.45) is 0 Å². The zero-order chi connectivity index (χ0) is 17.5. The Morgan fingerprint density at radius 3 is 1.79 bits per heavy atom. The average molecular weight is 337 g/mol. The Labute approximate surface area is 148 Å². The minimum atomic E-state index is 0.719. The Morgan fingerprint density at radius 1 is 0.667 bits per heavy atom. The van der Waals surface area contributed by atoms with Gasteiger partial charge in [-0.15, -0.1) is 0 Å². The second kappa shape index (κ2) is 14.0. The van der Waals surface area contributed by atoms with Crippen molar-refractivity contribution in [2.75, 3.05) is 20.3 Å². The molecule has 0 atom stereocenters. The number of benzene rings is 1. The molecule has 0 heterocycles. The van der Waals surface area contributed by atoms with Crippen molar-refractivity contribution in [1.82, 2.24) is 0 Å². The standard InChI is InChI=1S/C21H36O3/c1-4-6-8-10-12-17-23-20-16-14-15-19(22-3)21(20)24-18-13-11-9-7-5-2/h14-16H,4-13,17-18H2,1-3H3. The lowest BCUT2D eigenvalue weighted by atomic mass is 10.2. The Morgan fingerprint density at radius 2 is 1.21 bits per heavy atom. The minimum absolute atomic E-state index is 0.719. The molecule has 3 heteroatoms. The van der Waals surface area contributed by atoms with Crippen molar-refractivity contribution < 1.29 is 14.2 Å². The van der Waals surface area contributed by atoms with Crippen molar-refractivity contribution in [3.63, 3.8) is 0 Å². The number of rotatable bonds is 15. The Hall–Kier alpha value is -1.38. The van der Waals surface area contributed by atoms with Gasteiger partial charge in [0.05, 0.1) is 20.3 Å². The molecule has 1 aromatic carbocycles. The normalized spacial score (nSPS) is 10.6. The molecule has 0 radical (unpaired) electrons. The van der Waals surface area contributed by atoms with Crippen LogP contribution in [0.4, 0.5) is 0 Å². The highest BCUT2D eigenvalue weighted by molar-refractivity contribution is 5.51. The predicted molar refractivity (Wildman–Crippen MR) is 102 cm³/mol. The Balaban J connectivity index is 2.42. The summed E-state index contributed by atoms with van der Waals surface area (Å²) in [6.07, 6.45) is 12.3. The van der Waals surface area contributed by atoms with Gasteiger partial charge in [-0.3, -0.25) is 0 Å². The summed E-state index contributed by atoms with van der Waals surface area (Å²) in [6.45, 7) is 5.93. The van der Waals surface area contributed by atoms with Crippen LogP contribution in [0.2, 0.25) is 0 Å². The Kier molecular flexibility index (Phi) is 12.1. The van der Waals surface area contributed by atoms with Gasteiger partial charge >= 0.3 is 0 Å². The monoisotopic (exact) mass is 336 g/mol. The molecule has 1 aromatic rings. The van der Waals surface area contributed by atoms with Gasteiger partial charge in [-0.25, -0.2) is 0 Å². The number of ether oxygens (including phenoxy) is 3. The molecule has 0 saturated carbocycles. The van der Waals surface area contributed by atoms with E-state index in [1.54, 1.807) is 7.11 Å². The number of para-hydroxylation sites is 1. The first kappa shape index (κ1) is 20.7. The van der Waals surface area contributed by atoms with Crippen molar-refractivity contribution in [1.29, 1.82) is 0 Å². The predicted octanol–water partition coefficient (Wildman–Crippen LogP) is 6.39. The van der Waals surface area contributed by atoms with Crippen LogP contribution >= 0.6 is 0 Å². The summed E-state index contributed by atoms with van der Waals surface area (Å²) < 4.78 is 17.4. The van der Waals surface area contributed by atoms with Gasteiger partial charge < -0.3 is 14.2 Å². The topological polar surface area (TPSA) is 27.7 Å². The van der Waals surface area contributed by atoms with E-state index in [0.29, 0.717) is 0 Å². The van der Waals surface area contributed by atoms with E-state index in [9.17, 15) is 0 Å². The van der Waals surface area contributed by atoms with Gasteiger partial charge in [-0.2, -0.15) is 0 Å². The lowest BCUT2D eigenvalue weighted by Gasteiger charge is -2.15. The molecule has 0 N–H and O–H groups in total. The minimum Gasteiger partial charge on any atom is -0.493 e. The largest absolute Gasteiger partial charge is 0.493 e. The quantitative estimate of drug-likeness (QED) is 0.347. The first-order chi connectivity index (χ1) is 11.8. The summed E-state index contributed by atoms with van der Waals surface area (Å²) in [7, 11) is 1.68. The van der Waals surface area contributed by atoms with Crippen LogP contribution in [0.1, 0.15) is 78.1 Å². The van der Waals surface area contributed by atoms with Crippen molar-refractivity contribution >= 4 is 0 Å². The molecule has 0 spiro atoms. The number of hydrogen-bond donors (Lipinski definition) is 0. The second-order valence-electron chi connectivity index (χ2n) is 6.31. The van der Waals surface area contributed by atoms with E-state index < -0.39 is 0 Å². The zero-order valence-electron chi connectivity index (χ0n) is 15.9. The fourth-order valence-corrected chi connectivity index (χ4v) is 2.68. The van der Waals surface area contributed by atoms with E-state index in [2.05, 4.69) is 13.8 Å². The maximum atomic E-state index is 5.98. The highest BCUT2D eigenvalue weighted by atomic mass is 16.5. The second-order valence-corrected chi connectivity index (χ2v) is 6.31.